The Labute approximate surface area is 169 Å². The molecule has 0 radical (unpaired) electrons. The number of nitrogens with one attached hydrogen (secondary N) is 1. The molecule has 0 saturated carbocycles. The first-order valence-electron chi connectivity index (χ1n) is 9.27. The third-order valence-corrected chi connectivity index (χ3v) is 4.72. The lowest BCUT2D eigenvalue weighted by Gasteiger charge is -2.28. The van der Waals surface area contributed by atoms with Crippen molar-refractivity contribution in [2.75, 3.05) is 13.2 Å². The Balaban J connectivity index is 1.51. The van der Waals surface area contributed by atoms with Gasteiger partial charge in [-0.25, -0.2) is 9.97 Å². The number of hydrogen-bond donors (Lipinski definition) is 1. The van der Waals surface area contributed by atoms with E-state index in [4.69, 9.17) is 4.74 Å². The molecule has 0 spiro atoms. The van der Waals surface area contributed by atoms with E-state index < -0.39 is 12.8 Å². The number of H-pyrrole nitrogens is 1. The Kier molecular flexibility index (Phi) is 5.49. The fourth-order valence-electron chi connectivity index (χ4n) is 3.33. The highest BCUT2D eigenvalue weighted by Crippen LogP contribution is 2.24. The van der Waals surface area contributed by atoms with Gasteiger partial charge in [-0.2, -0.15) is 13.2 Å². The maximum atomic E-state index is 12.6. The Hall–Kier alpha value is -3.27. The Bertz CT molecular complexity index is 1090. The minimum Gasteiger partial charge on any atom is -0.468 e. The molecule has 0 atom stereocenters. The lowest BCUT2D eigenvalue weighted by molar-refractivity contribution is -0.154. The Morgan fingerprint density at radius 1 is 1.17 bits per heavy atom. The predicted molar refractivity (Wildman–Crippen MR) is 102 cm³/mol. The number of rotatable bonds is 5. The number of aromatic amines is 1. The summed E-state index contributed by atoms with van der Waals surface area (Å²) in [7, 11) is 0. The van der Waals surface area contributed by atoms with Crippen molar-refractivity contribution in [2.24, 2.45) is 0 Å². The molecule has 4 heterocycles. The van der Waals surface area contributed by atoms with Crippen LogP contribution in [0.25, 0.3) is 11.4 Å². The van der Waals surface area contributed by atoms with Gasteiger partial charge in [0.25, 0.3) is 5.56 Å². The van der Waals surface area contributed by atoms with Gasteiger partial charge in [-0.05, 0) is 18.2 Å². The topological polar surface area (TPSA) is 84.0 Å². The average molecular weight is 417 g/mol. The third-order valence-electron chi connectivity index (χ3n) is 4.72. The first-order valence-corrected chi connectivity index (χ1v) is 9.27. The van der Waals surface area contributed by atoms with Crippen LogP contribution in [-0.4, -0.2) is 44.2 Å². The molecule has 30 heavy (non-hydrogen) atoms. The van der Waals surface area contributed by atoms with Crippen LogP contribution in [0.2, 0.25) is 0 Å². The van der Waals surface area contributed by atoms with Gasteiger partial charge in [0, 0.05) is 55.8 Å². The largest absolute Gasteiger partial charge is 0.468 e. The molecule has 0 saturated heterocycles. The zero-order valence-corrected chi connectivity index (χ0v) is 15.8. The van der Waals surface area contributed by atoms with Gasteiger partial charge in [0.2, 0.25) is 5.88 Å². The molecule has 3 aromatic heterocycles. The molecule has 0 aromatic carbocycles. The maximum absolute atomic E-state index is 12.6. The van der Waals surface area contributed by atoms with E-state index in [1.54, 1.807) is 36.7 Å². The van der Waals surface area contributed by atoms with E-state index in [9.17, 15) is 18.0 Å². The van der Waals surface area contributed by atoms with Gasteiger partial charge >= 0.3 is 6.18 Å². The molecule has 4 rings (SSSR count). The lowest BCUT2D eigenvalue weighted by atomic mass is 10.1. The number of ether oxygens (including phenoxy) is 1. The van der Waals surface area contributed by atoms with Crippen LogP contribution in [0.1, 0.15) is 16.8 Å². The second kappa shape index (κ2) is 8.23. The summed E-state index contributed by atoms with van der Waals surface area (Å²) in [6.45, 7) is -0.151. The normalized spacial score (nSPS) is 14.4. The molecular weight excluding hydrogens is 399 g/mol. The molecule has 10 heteroatoms. The van der Waals surface area contributed by atoms with Gasteiger partial charge in [-0.3, -0.25) is 14.7 Å². The minimum absolute atomic E-state index is 0.0549. The van der Waals surface area contributed by atoms with E-state index in [-0.39, 0.29) is 11.4 Å². The van der Waals surface area contributed by atoms with Crippen molar-refractivity contribution < 1.29 is 17.9 Å². The summed E-state index contributed by atoms with van der Waals surface area (Å²) in [6.07, 6.45) is 0.752. The van der Waals surface area contributed by atoms with Crippen molar-refractivity contribution in [2.45, 2.75) is 25.7 Å². The van der Waals surface area contributed by atoms with Gasteiger partial charge in [-0.15, -0.1) is 0 Å². The predicted octanol–water partition coefficient (Wildman–Crippen LogP) is 2.73. The number of aromatic nitrogens is 4. The molecular formula is C20H18F3N5O2. The second-order valence-electron chi connectivity index (χ2n) is 6.91. The lowest BCUT2D eigenvalue weighted by Crippen LogP contribution is -2.35. The van der Waals surface area contributed by atoms with Gasteiger partial charge in [0.15, 0.2) is 6.61 Å². The molecule has 156 valence electrons. The quantitative estimate of drug-likeness (QED) is 0.687. The zero-order valence-electron chi connectivity index (χ0n) is 15.8. The number of hydrogen-bond acceptors (Lipinski definition) is 6. The first-order chi connectivity index (χ1) is 14.4. The zero-order chi connectivity index (χ0) is 21.1. The van der Waals surface area contributed by atoms with Crippen molar-refractivity contribution in [3.63, 3.8) is 0 Å². The highest BCUT2D eigenvalue weighted by molar-refractivity contribution is 5.54. The van der Waals surface area contributed by atoms with Crippen LogP contribution in [0, 0.1) is 0 Å². The molecule has 0 unspecified atom stereocenters. The van der Waals surface area contributed by atoms with Crippen molar-refractivity contribution in [3.8, 4) is 17.3 Å². The molecule has 1 N–H and O–H groups in total. The summed E-state index contributed by atoms with van der Waals surface area (Å²) in [5, 5.41) is 0. The van der Waals surface area contributed by atoms with Gasteiger partial charge in [-0.1, -0.05) is 6.07 Å². The number of halogens is 3. The highest BCUT2D eigenvalue weighted by atomic mass is 19.4. The van der Waals surface area contributed by atoms with Crippen molar-refractivity contribution in [3.05, 3.63) is 70.0 Å². The van der Waals surface area contributed by atoms with E-state index in [0.29, 0.717) is 43.0 Å². The van der Waals surface area contributed by atoms with Crippen molar-refractivity contribution in [1.82, 2.24) is 24.8 Å². The van der Waals surface area contributed by atoms with Crippen LogP contribution in [0.3, 0.4) is 0 Å². The summed E-state index contributed by atoms with van der Waals surface area (Å²) in [4.78, 5) is 29.9. The SMILES string of the molecule is O=c1[nH]c(-c2ccncc2)nc2c1CN(Cc1cccnc1OCC(F)(F)F)CC2. The summed E-state index contributed by atoms with van der Waals surface area (Å²) >= 11 is 0. The molecule has 0 aliphatic carbocycles. The van der Waals surface area contributed by atoms with Crippen LogP contribution < -0.4 is 10.3 Å². The summed E-state index contributed by atoms with van der Waals surface area (Å²) in [5.41, 5.74) is 2.36. The maximum Gasteiger partial charge on any atom is 0.422 e. The van der Waals surface area contributed by atoms with E-state index >= 15 is 0 Å². The molecule has 0 bridgehead atoms. The van der Waals surface area contributed by atoms with Gasteiger partial charge in [0.05, 0.1) is 11.3 Å². The molecule has 3 aromatic rings. The van der Waals surface area contributed by atoms with Crippen molar-refractivity contribution >= 4 is 0 Å². The first kappa shape index (κ1) is 20.0. The van der Waals surface area contributed by atoms with Crippen LogP contribution in [0.15, 0.2) is 47.7 Å². The fourth-order valence-corrected chi connectivity index (χ4v) is 3.33. The van der Waals surface area contributed by atoms with Crippen molar-refractivity contribution in [1.29, 1.82) is 0 Å². The number of nitrogens with zero attached hydrogens (tertiary/aromatic N) is 4. The van der Waals surface area contributed by atoms with E-state index in [0.717, 1.165) is 11.3 Å². The number of pyridine rings is 2. The second-order valence-corrected chi connectivity index (χ2v) is 6.91. The monoisotopic (exact) mass is 417 g/mol. The summed E-state index contributed by atoms with van der Waals surface area (Å²) in [6, 6.07) is 6.85. The van der Waals surface area contributed by atoms with E-state index in [2.05, 4.69) is 19.9 Å². The van der Waals surface area contributed by atoms with E-state index in [1.807, 2.05) is 4.90 Å². The standard InChI is InChI=1S/C20H18F3N5O2/c21-20(22,23)12-30-19-14(2-1-6-25-19)10-28-9-5-16-15(11-28)18(29)27-17(26-16)13-3-7-24-8-4-13/h1-4,6-8H,5,9-12H2,(H,26,27,29). The average Bonchev–Trinajstić information content (AvgIpc) is 2.73. The van der Waals surface area contributed by atoms with Gasteiger partial charge in [0.1, 0.15) is 5.82 Å². The fraction of sp³-hybridized carbons (Fsp3) is 0.300. The molecule has 0 amide bonds. The van der Waals surface area contributed by atoms with Crippen LogP contribution in [0.5, 0.6) is 5.88 Å². The Morgan fingerprint density at radius 2 is 1.97 bits per heavy atom. The smallest absolute Gasteiger partial charge is 0.422 e. The number of alkyl halides is 3. The summed E-state index contributed by atoms with van der Waals surface area (Å²) < 4.78 is 42.3. The molecule has 0 fully saturated rings. The van der Waals surface area contributed by atoms with Gasteiger partial charge < -0.3 is 9.72 Å². The molecule has 1 aliphatic rings. The minimum atomic E-state index is -4.44. The Morgan fingerprint density at radius 3 is 2.73 bits per heavy atom. The van der Waals surface area contributed by atoms with Crippen LogP contribution in [-0.2, 0) is 19.5 Å². The van der Waals surface area contributed by atoms with E-state index in [1.165, 1.54) is 6.20 Å². The molecule has 1 aliphatic heterocycles. The number of fused-ring (bicyclic) bond motifs is 1. The summed E-state index contributed by atoms with van der Waals surface area (Å²) in [5.74, 6) is 0.436. The molecule has 7 nitrogen and oxygen atoms in total. The third kappa shape index (κ3) is 4.65. The highest BCUT2D eigenvalue weighted by Gasteiger charge is 2.29. The van der Waals surface area contributed by atoms with Crippen LogP contribution in [0.4, 0.5) is 13.2 Å². The van der Waals surface area contributed by atoms with Crippen LogP contribution >= 0.6 is 0 Å².